The van der Waals surface area contributed by atoms with Crippen LogP contribution in [0.1, 0.15) is 78.7 Å². The van der Waals surface area contributed by atoms with E-state index in [1.807, 2.05) is 41.5 Å². The Kier molecular flexibility index (Phi) is 0. The fourth-order valence-corrected chi connectivity index (χ4v) is 0. The SMILES string of the molecule is C.C.C.C.C.CC.CC.CC. The zero-order chi connectivity index (χ0) is 6.00. The Hall–Kier alpha value is 0. The van der Waals surface area contributed by atoms with Crippen molar-refractivity contribution in [3.05, 3.63) is 0 Å². The zero-order valence-corrected chi connectivity index (χ0v) is 6.00. The van der Waals surface area contributed by atoms with Gasteiger partial charge in [-0.05, 0) is 0 Å². The molecule has 0 aliphatic rings. The highest BCUT2D eigenvalue weighted by Crippen LogP contribution is 1.15. The Balaban J connectivity index is -0.00000000167. The van der Waals surface area contributed by atoms with Crippen LogP contribution in [0.15, 0.2) is 0 Å². The third-order valence-electron chi connectivity index (χ3n) is 0. The van der Waals surface area contributed by atoms with Crippen LogP contribution in [0.4, 0.5) is 0 Å². The smallest absolute Gasteiger partial charge is 0.0683 e. The summed E-state index contributed by atoms with van der Waals surface area (Å²) in [5.41, 5.74) is 0. The predicted molar refractivity (Wildman–Crippen MR) is 67.7 cm³/mol. The van der Waals surface area contributed by atoms with E-state index in [2.05, 4.69) is 0 Å². The van der Waals surface area contributed by atoms with Crippen LogP contribution in [-0.4, -0.2) is 0 Å². The summed E-state index contributed by atoms with van der Waals surface area (Å²) in [6.45, 7) is 12.0. The quantitative estimate of drug-likeness (QED) is 0.402. The summed E-state index contributed by atoms with van der Waals surface area (Å²) in [7, 11) is 0. The van der Waals surface area contributed by atoms with Crippen LogP contribution in [0.2, 0.25) is 0 Å². The summed E-state index contributed by atoms with van der Waals surface area (Å²) in [5.74, 6) is 0. The van der Waals surface area contributed by atoms with Crippen molar-refractivity contribution in [1.29, 1.82) is 0 Å². The van der Waals surface area contributed by atoms with E-state index in [0.29, 0.717) is 0 Å². The average Bonchev–Trinajstić information content (AvgIpc) is 1.81. The van der Waals surface area contributed by atoms with Gasteiger partial charge in [-0.2, -0.15) is 0 Å². The maximum atomic E-state index is 2.00. The van der Waals surface area contributed by atoms with Crippen LogP contribution in [-0.2, 0) is 0 Å². The molecule has 0 bridgehead atoms. The van der Waals surface area contributed by atoms with E-state index in [0.717, 1.165) is 0 Å². The molecule has 0 saturated heterocycles. The van der Waals surface area contributed by atoms with Gasteiger partial charge >= 0.3 is 0 Å². The van der Waals surface area contributed by atoms with E-state index in [-0.39, 0.29) is 37.1 Å². The van der Waals surface area contributed by atoms with E-state index < -0.39 is 0 Å². The van der Waals surface area contributed by atoms with Gasteiger partial charge in [0.15, 0.2) is 0 Å². The Morgan fingerprint density at radius 1 is 0.273 bits per heavy atom. The Morgan fingerprint density at radius 2 is 0.273 bits per heavy atom. The van der Waals surface area contributed by atoms with Gasteiger partial charge in [-0.3, -0.25) is 0 Å². The van der Waals surface area contributed by atoms with E-state index in [1.54, 1.807) is 0 Å². The lowest BCUT2D eigenvalue weighted by molar-refractivity contribution is 1.50. The van der Waals surface area contributed by atoms with Gasteiger partial charge in [-0.25, -0.2) is 0 Å². The lowest BCUT2D eigenvalue weighted by Crippen LogP contribution is -0.856. The molecule has 0 aliphatic heterocycles. The summed E-state index contributed by atoms with van der Waals surface area (Å²) < 4.78 is 0. The molecule has 0 aromatic heterocycles. The summed E-state index contributed by atoms with van der Waals surface area (Å²) in [6, 6.07) is 0. The summed E-state index contributed by atoms with van der Waals surface area (Å²) in [4.78, 5) is 0. The van der Waals surface area contributed by atoms with Crippen molar-refractivity contribution >= 4 is 0 Å². The molecular weight excluding hydrogens is 132 g/mol. The molecule has 0 N–H and O–H groups in total. The van der Waals surface area contributed by atoms with Gasteiger partial charge in [0.2, 0.25) is 0 Å². The maximum Gasteiger partial charge on any atom is -0.0683 e. The average molecular weight is 170 g/mol. The first-order chi connectivity index (χ1) is 3.00. The lowest BCUT2D eigenvalue weighted by Gasteiger charge is -1.07. The normalized spacial score (nSPS) is 1.64. The minimum Gasteiger partial charge on any atom is -0.0776 e. The van der Waals surface area contributed by atoms with Gasteiger partial charge in [-0.1, -0.05) is 78.7 Å². The van der Waals surface area contributed by atoms with Gasteiger partial charge in [0, 0.05) is 0 Å². The van der Waals surface area contributed by atoms with E-state index in [9.17, 15) is 0 Å². The summed E-state index contributed by atoms with van der Waals surface area (Å²) >= 11 is 0. The highest BCUT2D eigenvalue weighted by Gasteiger charge is 0.936. The van der Waals surface area contributed by atoms with Crippen molar-refractivity contribution in [3.8, 4) is 0 Å². The maximum absolute atomic E-state index is 2.00. The molecule has 0 spiro atoms. The van der Waals surface area contributed by atoms with Gasteiger partial charge in [0.1, 0.15) is 0 Å². The molecule has 0 aromatic rings. The van der Waals surface area contributed by atoms with Crippen LogP contribution in [0, 0.1) is 0 Å². The van der Waals surface area contributed by atoms with Gasteiger partial charge in [0.05, 0.1) is 0 Å². The molecule has 0 amide bonds. The number of hydrogen-bond donors (Lipinski definition) is 0. The molecule has 0 fully saturated rings. The second kappa shape index (κ2) is 0. The first-order valence-corrected chi connectivity index (χ1v) is 3.00. The van der Waals surface area contributed by atoms with Gasteiger partial charge in [-0.15, -0.1) is 0 Å². The highest BCUT2D eigenvalue weighted by atomic mass is 13.0. The summed E-state index contributed by atoms with van der Waals surface area (Å²) in [5, 5.41) is 0. The second-order valence-corrected chi connectivity index (χ2v) is 0. The molecule has 0 nitrogen and oxygen atoms in total. The fourth-order valence-electron chi connectivity index (χ4n) is 0. The van der Waals surface area contributed by atoms with Crippen LogP contribution < -0.4 is 0 Å². The minimum absolute atomic E-state index is 0. The van der Waals surface area contributed by atoms with Gasteiger partial charge < -0.3 is 0 Å². The molecule has 11 heavy (non-hydrogen) atoms. The fraction of sp³-hybridized carbons (Fsp3) is 1.00. The Morgan fingerprint density at radius 3 is 0.273 bits per heavy atom. The van der Waals surface area contributed by atoms with Crippen molar-refractivity contribution in [2.75, 3.05) is 0 Å². The van der Waals surface area contributed by atoms with E-state index in [1.165, 1.54) is 0 Å². The molecule has 0 rings (SSSR count). The molecule has 0 unspecified atom stereocenters. The molecule has 0 atom stereocenters. The van der Waals surface area contributed by atoms with Crippen LogP contribution in [0.5, 0.6) is 0 Å². The first kappa shape index (κ1) is 122. The summed E-state index contributed by atoms with van der Waals surface area (Å²) in [6.07, 6.45) is 0. The highest BCUT2D eigenvalue weighted by molar-refractivity contribution is 3.51. The largest absolute Gasteiger partial charge is 0.0776 e. The van der Waals surface area contributed by atoms with Crippen molar-refractivity contribution in [1.82, 2.24) is 0 Å². The zero-order valence-electron chi connectivity index (χ0n) is 6.00. The molecule has 0 heterocycles. The van der Waals surface area contributed by atoms with E-state index in [4.69, 9.17) is 0 Å². The molecule has 82 valence electrons. The van der Waals surface area contributed by atoms with Crippen LogP contribution >= 0.6 is 0 Å². The molecular formula is C11H38. The topological polar surface area (TPSA) is 0 Å². The lowest BCUT2D eigenvalue weighted by atomic mass is 11.0. The van der Waals surface area contributed by atoms with Gasteiger partial charge in [0.25, 0.3) is 0 Å². The molecule has 0 aliphatic carbocycles. The van der Waals surface area contributed by atoms with Crippen molar-refractivity contribution in [2.45, 2.75) is 78.7 Å². The first-order valence-electron chi connectivity index (χ1n) is 3.00. The Bertz CT molecular complexity index is 0. The van der Waals surface area contributed by atoms with Crippen molar-refractivity contribution in [3.63, 3.8) is 0 Å². The number of hydrogen-bond acceptors (Lipinski definition) is 0. The van der Waals surface area contributed by atoms with Crippen LogP contribution in [0.25, 0.3) is 0 Å². The second-order valence-electron chi connectivity index (χ2n) is 0. The molecule has 0 radical (unpaired) electrons. The number of rotatable bonds is 0. The third-order valence-corrected chi connectivity index (χ3v) is 0. The Labute approximate surface area is 79.4 Å². The monoisotopic (exact) mass is 170 g/mol. The van der Waals surface area contributed by atoms with Crippen molar-refractivity contribution < 1.29 is 0 Å². The van der Waals surface area contributed by atoms with Crippen molar-refractivity contribution in [2.24, 2.45) is 0 Å². The molecule has 0 aromatic carbocycles. The van der Waals surface area contributed by atoms with E-state index >= 15 is 0 Å². The molecule has 0 heteroatoms. The standard InChI is InChI=1S/3C2H6.5CH4/c3*1-2;;;;;/h3*1-2H3;5*1H4. The molecule has 0 saturated carbocycles. The van der Waals surface area contributed by atoms with Crippen LogP contribution in [0.3, 0.4) is 0 Å². The predicted octanol–water partition coefficient (Wildman–Crippen LogP) is 6.26. The minimum atomic E-state index is 0. The third kappa shape index (κ3) is 0.